The van der Waals surface area contributed by atoms with E-state index in [1.54, 1.807) is 48.0 Å². The number of carbonyl (C=O) groups is 6. The lowest BCUT2D eigenvalue weighted by Gasteiger charge is -2.42. The number of methoxy groups -OCH3 is 3. The zero-order valence-corrected chi connectivity index (χ0v) is 45.5. The second-order valence-corrected chi connectivity index (χ2v) is 21.1. The summed E-state index contributed by atoms with van der Waals surface area (Å²) in [7, 11) is 4.58. The number of Topliss-reactive ketones (excluding diaryl/α,β-unsaturated/α-hetero) is 3. The van der Waals surface area contributed by atoms with Crippen LogP contribution in [0.1, 0.15) is 132 Å². The molecule has 4 aliphatic rings. The molecule has 3 fully saturated rings. The molecule has 4 rings (SSSR count). The summed E-state index contributed by atoms with van der Waals surface area (Å²) in [5, 5.41) is 26.2. The van der Waals surface area contributed by atoms with Crippen molar-refractivity contribution in [2.24, 2.45) is 35.5 Å². The Hall–Kier alpha value is -4.10. The van der Waals surface area contributed by atoms with Crippen LogP contribution in [0.2, 0.25) is 0 Å². The molecule has 3 aliphatic heterocycles. The number of ether oxygens (including phenoxy) is 7. The van der Waals surface area contributed by atoms with Gasteiger partial charge in [-0.3, -0.25) is 19.2 Å². The zero-order valence-electron chi connectivity index (χ0n) is 45.5. The lowest BCUT2D eigenvalue weighted by Crippen LogP contribution is -2.61. The van der Waals surface area contributed by atoms with Crippen molar-refractivity contribution >= 4 is 35.3 Å². The Bertz CT molecular complexity index is 1970. The maximum Gasteiger partial charge on any atom is 0.407 e. The number of nitrogens with zero attached hydrogens (tertiary/aromatic N) is 1. The summed E-state index contributed by atoms with van der Waals surface area (Å²) in [6.45, 7) is 15.3. The third-order valence-electron chi connectivity index (χ3n) is 15.4. The molecule has 17 heteroatoms. The summed E-state index contributed by atoms with van der Waals surface area (Å²) in [5.74, 6) is -8.13. The molecule has 73 heavy (non-hydrogen) atoms. The topological polar surface area (TPSA) is 223 Å². The number of aliphatic hydroxyl groups excluding tert-OH is 1. The first-order valence-corrected chi connectivity index (χ1v) is 26.7. The molecule has 1 saturated carbocycles. The number of fused-ring (bicyclic) bond motifs is 3. The summed E-state index contributed by atoms with van der Waals surface area (Å²) < 4.78 is 40.9. The van der Waals surface area contributed by atoms with Gasteiger partial charge in [-0.1, -0.05) is 71.1 Å². The second kappa shape index (κ2) is 29.8. The number of aliphatic hydroxyl groups is 2. The van der Waals surface area contributed by atoms with Crippen LogP contribution in [0, 0.1) is 35.5 Å². The number of carbonyl (C=O) groups excluding carboxylic acids is 6. The number of piperidine rings is 1. The van der Waals surface area contributed by atoms with E-state index in [2.05, 4.69) is 5.32 Å². The Morgan fingerprint density at radius 1 is 0.890 bits per heavy atom. The molecule has 0 spiro atoms. The van der Waals surface area contributed by atoms with E-state index in [1.165, 1.54) is 12.0 Å². The van der Waals surface area contributed by atoms with Gasteiger partial charge in [0.1, 0.15) is 30.1 Å². The molecule has 2 bridgehead atoms. The van der Waals surface area contributed by atoms with Crippen molar-refractivity contribution in [2.45, 2.75) is 187 Å². The van der Waals surface area contributed by atoms with Gasteiger partial charge in [0.05, 0.1) is 37.6 Å². The summed E-state index contributed by atoms with van der Waals surface area (Å²) >= 11 is 0. The maximum absolute atomic E-state index is 14.5. The third kappa shape index (κ3) is 17.5. The Morgan fingerprint density at radius 3 is 2.32 bits per heavy atom. The van der Waals surface area contributed by atoms with Crippen LogP contribution in [-0.2, 0) is 57.1 Å². The van der Waals surface area contributed by atoms with Crippen LogP contribution in [0.15, 0.2) is 47.6 Å². The maximum atomic E-state index is 14.5. The largest absolute Gasteiger partial charge is 0.460 e. The number of ketones is 3. The first-order chi connectivity index (χ1) is 34.7. The molecule has 3 N–H and O–H groups in total. The van der Waals surface area contributed by atoms with Crippen LogP contribution < -0.4 is 5.32 Å². The monoisotopic (exact) mass is 1030 g/mol. The molecule has 3 heterocycles. The predicted molar refractivity (Wildman–Crippen MR) is 274 cm³/mol. The molecule has 0 aromatic carbocycles. The number of amides is 2. The van der Waals surface area contributed by atoms with Gasteiger partial charge >= 0.3 is 12.1 Å². The van der Waals surface area contributed by atoms with Crippen molar-refractivity contribution in [3.63, 3.8) is 0 Å². The number of esters is 1. The van der Waals surface area contributed by atoms with E-state index >= 15 is 0 Å². The van der Waals surface area contributed by atoms with E-state index < -0.39 is 83.9 Å². The average molecular weight is 1030 g/mol. The number of cyclic esters (lactones) is 1. The van der Waals surface area contributed by atoms with Crippen LogP contribution in [0.25, 0.3) is 0 Å². The van der Waals surface area contributed by atoms with E-state index in [4.69, 9.17) is 33.2 Å². The molecule has 17 nitrogen and oxygen atoms in total. The molecule has 0 aromatic heterocycles. The Morgan fingerprint density at radius 2 is 1.63 bits per heavy atom. The van der Waals surface area contributed by atoms with E-state index in [1.807, 2.05) is 58.1 Å². The molecule has 1 aliphatic carbocycles. The van der Waals surface area contributed by atoms with Gasteiger partial charge in [0, 0.05) is 65.0 Å². The average Bonchev–Trinajstić information content (AvgIpc) is 3.36. The number of allylic oxidation sites excluding steroid dienone is 6. The van der Waals surface area contributed by atoms with Gasteiger partial charge in [0.15, 0.2) is 5.78 Å². The molecule has 0 unspecified atom stereocenters. The van der Waals surface area contributed by atoms with E-state index in [0.29, 0.717) is 63.4 Å². The molecule has 15 atom stereocenters. The number of rotatable bonds is 11. The molecule has 2 amide bonds. The second-order valence-electron chi connectivity index (χ2n) is 21.1. The van der Waals surface area contributed by atoms with Crippen molar-refractivity contribution in [3.05, 3.63) is 47.6 Å². The van der Waals surface area contributed by atoms with Crippen LogP contribution in [-0.4, -0.2) is 153 Å². The van der Waals surface area contributed by atoms with Crippen molar-refractivity contribution in [1.29, 1.82) is 0 Å². The molecule has 2 saturated heterocycles. The summed E-state index contributed by atoms with van der Waals surface area (Å²) in [4.78, 5) is 84.2. The molecular weight excluding hydrogens is 941 g/mol. The highest BCUT2D eigenvalue weighted by atomic mass is 16.6. The van der Waals surface area contributed by atoms with Crippen molar-refractivity contribution in [3.8, 4) is 0 Å². The number of hydrogen-bond donors (Lipinski definition) is 3. The quantitative estimate of drug-likeness (QED) is 0.0825. The fourth-order valence-electron chi connectivity index (χ4n) is 10.8. The first-order valence-electron chi connectivity index (χ1n) is 26.7. The molecule has 0 aromatic rings. The van der Waals surface area contributed by atoms with Crippen molar-refractivity contribution < 1.29 is 72.1 Å². The van der Waals surface area contributed by atoms with E-state index in [0.717, 1.165) is 12.0 Å². The van der Waals surface area contributed by atoms with Gasteiger partial charge in [-0.05, 0) is 114 Å². The van der Waals surface area contributed by atoms with Gasteiger partial charge < -0.3 is 53.6 Å². The Kier molecular flexibility index (Phi) is 25.1. The van der Waals surface area contributed by atoms with Crippen LogP contribution in [0.4, 0.5) is 4.79 Å². The zero-order chi connectivity index (χ0) is 54.0. The van der Waals surface area contributed by atoms with Gasteiger partial charge in [-0.15, -0.1) is 0 Å². The third-order valence-corrected chi connectivity index (χ3v) is 15.4. The summed E-state index contributed by atoms with van der Waals surface area (Å²) in [6.07, 6.45) is 11.1. The smallest absolute Gasteiger partial charge is 0.407 e. The lowest BCUT2D eigenvalue weighted by atomic mass is 9.78. The van der Waals surface area contributed by atoms with Crippen molar-refractivity contribution in [1.82, 2.24) is 10.2 Å². The minimum atomic E-state index is -2.45. The van der Waals surface area contributed by atoms with Crippen LogP contribution >= 0.6 is 0 Å². The Labute approximate surface area is 434 Å². The van der Waals surface area contributed by atoms with Gasteiger partial charge in [0.25, 0.3) is 11.7 Å². The summed E-state index contributed by atoms with van der Waals surface area (Å²) in [6, 6.07) is -1.16. The van der Waals surface area contributed by atoms with Gasteiger partial charge in [0.2, 0.25) is 5.79 Å². The standard InChI is InChI=1S/C56H88N2O15/c1-12-70-55(65)57-25-27-71-45-24-22-41(31-48(45)68-10)30-37(5)47-33-44(59)36(4)29-39(7)50(61)51(69-11)49(60)38(6)28-34(2)18-14-13-15-19-35(3)46(67-9)32-42-23-21-40(8)56(66,73-42)52(62)53(63)58-26-17-16-20-43(58)54(64)72-47/h13-15,18-19,29,34,36-38,40-43,45-48,50-51,61,66H,12,16-17,20-28,30-33H2,1-11H3,(H,57,65)/b15-13+,18-14-,35-19+,39-29+/t34-,36-,37-,38-,40-,41-,42+,43+,45-,46+,47+,48-,50-,51+,56-/m1/s1. The highest BCUT2D eigenvalue weighted by molar-refractivity contribution is 6.39. The predicted octanol–water partition coefficient (Wildman–Crippen LogP) is 6.95. The summed E-state index contributed by atoms with van der Waals surface area (Å²) in [5.41, 5.74) is 1.25. The van der Waals surface area contributed by atoms with E-state index in [9.17, 15) is 39.0 Å². The van der Waals surface area contributed by atoms with Gasteiger partial charge in [-0.2, -0.15) is 0 Å². The number of hydrogen-bond acceptors (Lipinski definition) is 15. The number of alkyl carbamates (subject to hydrolysis) is 1. The molecule has 412 valence electrons. The van der Waals surface area contributed by atoms with E-state index in [-0.39, 0.29) is 80.7 Å². The number of nitrogens with one attached hydrogen (secondary N) is 1. The van der Waals surface area contributed by atoms with Crippen molar-refractivity contribution in [2.75, 3.05) is 47.6 Å². The van der Waals surface area contributed by atoms with Crippen LogP contribution in [0.5, 0.6) is 0 Å². The molecule has 0 radical (unpaired) electrons. The lowest BCUT2D eigenvalue weighted by molar-refractivity contribution is -0.265. The van der Waals surface area contributed by atoms with Gasteiger partial charge in [-0.25, -0.2) is 9.59 Å². The minimum Gasteiger partial charge on any atom is -0.460 e. The SMILES string of the molecule is CCOC(=O)NCCO[C@@H]1CC[C@H](C[C@@H](C)[C@@H]2CC(=O)[C@H](C)/C=C(\C)[C@@H](O)[C@@H](OC)C(=O)[C@H](C)C[C@H](C)\C=C/C=C/C=C(\C)[C@@H](OC)C[C@@H]3CC[C@@H](C)[C@@](O)(O3)C(=O)C(=O)N3CCCC[C@H]3C(=O)O2)C[C@H]1OC. The molecular formula is C56H88N2O15. The van der Waals surface area contributed by atoms with Crippen LogP contribution in [0.3, 0.4) is 0 Å². The highest BCUT2D eigenvalue weighted by Crippen LogP contribution is 2.38. The fourth-order valence-corrected chi connectivity index (χ4v) is 10.8. The highest BCUT2D eigenvalue weighted by Gasteiger charge is 2.53. The fraction of sp³-hybridized carbons (Fsp3) is 0.750. The normalized spacial score (nSPS) is 37.1. The first kappa shape index (κ1) is 61.4. The Balaban J connectivity index is 1.66. The minimum absolute atomic E-state index is 0.00755.